The molecule has 2 aliphatic rings. The van der Waals surface area contributed by atoms with Crippen molar-refractivity contribution in [2.75, 3.05) is 23.3 Å². The lowest BCUT2D eigenvalue weighted by atomic mass is 9.97. The molecule has 4 rings (SSSR count). The van der Waals surface area contributed by atoms with Crippen LogP contribution in [-0.2, 0) is 26.0 Å². The lowest BCUT2D eigenvalue weighted by Crippen LogP contribution is -2.41. The predicted octanol–water partition coefficient (Wildman–Crippen LogP) is 3.33. The average Bonchev–Trinajstić information content (AvgIpc) is 3.10. The quantitative estimate of drug-likeness (QED) is 0.766. The maximum Gasteiger partial charge on any atom is 0.243 e. The summed E-state index contributed by atoms with van der Waals surface area (Å²) in [6.45, 7) is 6.09. The van der Waals surface area contributed by atoms with Gasteiger partial charge in [-0.05, 0) is 69.0 Å². The fourth-order valence-corrected chi connectivity index (χ4v) is 6.16. The van der Waals surface area contributed by atoms with E-state index in [2.05, 4.69) is 5.32 Å². The number of fused-ring (bicyclic) bond motifs is 1. The van der Waals surface area contributed by atoms with Gasteiger partial charge in [0, 0.05) is 43.3 Å². The van der Waals surface area contributed by atoms with Gasteiger partial charge in [0.15, 0.2) is 0 Å². The minimum Gasteiger partial charge on any atom is -0.326 e. The van der Waals surface area contributed by atoms with Crippen molar-refractivity contribution in [3.63, 3.8) is 0 Å². The second-order valence-electron chi connectivity index (χ2n) is 8.77. The SMILES string of the molecule is CC(=O)N1c2ccc(S(=O)(=O)N3CCC(C(=O)Nc4ccc(C)cc4)CC3)cc2C[C@H]1C. The smallest absolute Gasteiger partial charge is 0.243 e. The van der Waals surface area contributed by atoms with E-state index in [-0.39, 0.29) is 28.7 Å². The number of piperidine rings is 1. The molecule has 0 aliphatic carbocycles. The van der Waals surface area contributed by atoms with E-state index in [0.29, 0.717) is 32.4 Å². The molecule has 2 aromatic carbocycles. The fourth-order valence-electron chi connectivity index (χ4n) is 4.64. The van der Waals surface area contributed by atoms with Crippen molar-refractivity contribution in [3.8, 4) is 0 Å². The molecule has 7 nitrogen and oxygen atoms in total. The highest BCUT2D eigenvalue weighted by Crippen LogP contribution is 2.35. The molecule has 2 aromatic rings. The van der Waals surface area contributed by atoms with Crippen LogP contribution in [0.15, 0.2) is 47.4 Å². The lowest BCUT2D eigenvalue weighted by molar-refractivity contribution is -0.121. The molecule has 0 radical (unpaired) electrons. The number of nitrogens with zero attached hydrogens (tertiary/aromatic N) is 2. The molecule has 1 N–H and O–H groups in total. The van der Waals surface area contributed by atoms with Crippen molar-refractivity contribution in [1.29, 1.82) is 0 Å². The molecule has 2 amide bonds. The van der Waals surface area contributed by atoms with Crippen LogP contribution in [-0.4, -0.2) is 43.7 Å². The number of hydrogen-bond donors (Lipinski definition) is 1. The monoisotopic (exact) mass is 455 g/mol. The number of hydrogen-bond acceptors (Lipinski definition) is 4. The van der Waals surface area contributed by atoms with E-state index >= 15 is 0 Å². The van der Waals surface area contributed by atoms with Gasteiger partial charge in [0.2, 0.25) is 21.8 Å². The Bertz CT molecular complexity index is 1140. The minimum atomic E-state index is -3.65. The molecular weight excluding hydrogens is 426 g/mol. The Kier molecular flexibility index (Phi) is 6.09. The van der Waals surface area contributed by atoms with E-state index in [4.69, 9.17) is 0 Å². The van der Waals surface area contributed by atoms with Gasteiger partial charge in [-0.1, -0.05) is 17.7 Å². The van der Waals surface area contributed by atoms with Crippen molar-refractivity contribution >= 4 is 33.2 Å². The van der Waals surface area contributed by atoms with E-state index in [1.807, 2.05) is 38.1 Å². The summed E-state index contributed by atoms with van der Waals surface area (Å²) in [6.07, 6.45) is 1.60. The molecule has 0 unspecified atom stereocenters. The lowest BCUT2D eigenvalue weighted by Gasteiger charge is -2.30. The van der Waals surface area contributed by atoms with Crippen LogP contribution in [0.2, 0.25) is 0 Å². The molecule has 1 saturated heterocycles. The summed E-state index contributed by atoms with van der Waals surface area (Å²) >= 11 is 0. The first-order valence-corrected chi connectivity index (χ1v) is 12.4. The molecule has 0 bridgehead atoms. The van der Waals surface area contributed by atoms with Gasteiger partial charge in [0.05, 0.1) is 4.90 Å². The summed E-state index contributed by atoms with van der Waals surface area (Å²) in [4.78, 5) is 26.5. The molecule has 1 atom stereocenters. The second-order valence-corrected chi connectivity index (χ2v) is 10.7. The zero-order valence-corrected chi connectivity index (χ0v) is 19.5. The van der Waals surface area contributed by atoms with Crippen LogP contribution in [0, 0.1) is 12.8 Å². The second kappa shape index (κ2) is 8.67. The van der Waals surface area contributed by atoms with Gasteiger partial charge in [-0.15, -0.1) is 0 Å². The van der Waals surface area contributed by atoms with Crippen molar-refractivity contribution in [3.05, 3.63) is 53.6 Å². The largest absolute Gasteiger partial charge is 0.326 e. The summed E-state index contributed by atoms with van der Waals surface area (Å²) in [6, 6.07) is 12.6. The van der Waals surface area contributed by atoms with Gasteiger partial charge in [-0.2, -0.15) is 4.31 Å². The molecular formula is C24H29N3O4S. The molecule has 1 fully saturated rings. The summed E-state index contributed by atoms with van der Waals surface area (Å²) in [5.41, 5.74) is 3.54. The first-order valence-electron chi connectivity index (χ1n) is 11.0. The van der Waals surface area contributed by atoms with Crippen LogP contribution in [0.5, 0.6) is 0 Å². The zero-order chi connectivity index (χ0) is 23.0. The molecule has 2 heterocycles. The van der Waals surface area contributed by atoms with Gasteiger partial charge in [-0.3, -0.25) is 9.59 Å². The first kappa shape index (κ1) is 22.5. The highest BCUT2D eigenvalue weighted by Gasteiger charge is 2.34. The Labute approximate surface area is 189 Å². The van der Waals surface area contributed by atoms with Crippen molar-refractivity contribution in [2.45, 2.75) is 51.0 Å². The Morgan fingerprint density at radius 3 is 2.31 bits per heavy atom. The van der Waals surface area contributed by atoms with E-state index < -0.39 is 10.0 Å². The van der Waals surface area contributed by atoms with Crippen LogP contribution in [0.25, 0.3) is 0 Å². The summed E-state index contributed by atoms with van der Waals surface area (Å²) in [5.74, 6) is -0.327. The highest BCUT2D eigenvalue weighted by atomic mass is 32.2. The topological polar surface area (TPSA) is 86.8 Å². The van der Waals surface area contributed by atoms with Gasteiger partial charge < -0.3 is 10.2 Å². The maximum atomic E-state index is 13.2. The zero-order valence-electron chi connectivity index (χ0n) is 18.7. The maximum absolute atomic E-state index is 13.2. The molecule has 0 aromatic heterocycles. The Morgan fingerprint density at radius 2 is 1.69 bits per heavy atom. The van der Waals surface area contributed by atoms with E-state index in [0.717, 1.165) is 22.5 Å². The van der Waals surface area contributed by atoms with Crippen LogP contribution in [0.4, 0.5) is 11.4 Å². The standard InChI is InChI=1S/C24H29N3O4S/c1-16-4-6-21(7-5-16)25-24(29)19-10-12-26(13-11-19)32(30,31)22-8-9-23-20(15-22)14-17(2)27(23)18(3)28/h4-9,15,17,19H,10-14H2,1-3H3,(H,25,29)/t17-/m1/s1. The third kappa shape index (κ3) is 4.29. The Balaban J connectivity index is 1.42. The third-order valence-electron chi connectivity index (χ3n) is 6.39. The highest BCUT2D eigenvalue weighted by molar-refractivity contribution is 7.89. The van der Waals surface area contributed by atoms with Crippen LogP contribution in [0.3, 0.4) is 0 Å². The molecule has 170 valence electrons. The predicted molar refractivity (Wildman–Crippen MR) is 124 cm³/mol. The number of carbonyl (C=O) groups excluding carboxylic acids is 2. The van der Waals surface area contributed by atoms with Gasteiger partial charge in [-0.25, -0.2) is 8.42 Å². The molecule has 0 spiro atoms. The number of amides is 2. The number of aryl methyl sites for hydroxylation is 1. The van der Waals surface area contributed by atoms with Crippen LogP contribution < -0.4 is 10.2 Å². The van der Waals surface area contributed by atoms with Crippen LogP contribution >= 0.6 is 0 Å². The number of carbonyl (C=O) groups is 2. The fraction of sp³-hybridized carbons (Fsp3) is 0.417. The molecule has 0 saturated carbocycles. The number of benzene rings is 2. The summed E-state index contributed by atoms with van der Waals surface area (Å²) in [7, 11) is -3.65. The molecule has 8 heteroatoms. The first-order chi connectivity index (χ1) is 15.2. The average molecular weight is 456 g/mol. The van der Waals surface area contributed by atoms with Crippen molar-refractivity contribution in [1.82, 2.24) is 4.31 Å². The third-order valence-corrected chi connectivity index (χ3v) is 8.28. The van der Waals surface area contributed by atoms with Gasteiger partial charge >= 0.3 is 0 Å². The van der Waals surface area contributed by atoms with Crippen molar-refractivity contribution < 1.29 is 18.0 Å². The number of anilines is 2. The summed E-state index contributed by atoms with van der Waals surface area (Å²) in [5, 5.41) is 2.93. The number of sulfonamides is 1. The van der Waals surface area contributed by atoms with Gasteiger partial charge in [0.25, 0.3) is 0 Å². The molecule has 2 aliphatic heterocycles. The van der Waals surface area contributed by atoms with E-state index in [1.54, 1.807) is 23.1 Å². The number of rotatable bonds is 4. The van der Waals surface area contributed by atoms with Crippen LogP contribution in [0.1, 0.15) is 37.8 Å². The number of nitrogens with one attached hydrogen (secondary N) is 1. The Hall–Kier alpha value is -2.71. The van der Waals surface area contributed by atoms with E-state index in [1.165, 1.54) is 11.2 Å². The van der Waals surface area contributed by atoms with Gasteiger partial charge in [0.1, 0.15) is 0 Å². The Morgan fingerprint density at radius 1 is 1.03 bits per heavy atom. The molecule has 32 heavy (non-hydrogen) atoms. The summed E-state index contributed by atoms with van der Waals surface area (Å²) < 4.78 is 27.9. The van der Waals surface area contributed by atoms with Crippen molar-refractivity contribution in [2.24, 2.45) is 5.92 Å². The van der Waals surface area contributed by atoms with E-state index in [9.17, 15) is 18.0 Å². The normalized spacial score (nSPS) is 19.6. The minimum absolute atomic E-state index is 0.0169.